The van der Waals surface area contributed by atoms with Gasteiger partial charge in [0.2, 0.25) is 27.7 Å². The Kier molecular flexibility index (Phi) is 7.45. The Morgan fingerprint density at radius 3 is 2.46 bits per heavy atom. The van der Waals surface area contributed by atoms with Gasteiger partial charge in [0, 0.05) is 31.2 Å². The zero-order chi connectivity index (χ0) is 25.0. The summed E-state index contributed by atoms with van der Waals surface area (Å²) in [7, 11) is -0.842. The Bertz CT molecular complexity index is 1240. The van der Waals surface area contributed by atoms with Gasteiger partial charge in [-0.05, 0) is 25.8 Å². The average molecular weight is 504 g/mol. The molecule has 3 aromatic heterocycles. The van der Waals surface area contributed by atoms with Crippen LogP contribution in [0.3, 0.4) is 0 Å². The molecule has 0 aliphatic carbocycles. The molecule has 0 saturated carbocycles. The van der Waals surface area contributed by atoms with Crippen LogP contribution in [0.1, 0.15) is 44.3 Å². The van der Waals surface area contributed by atoms with E-state index in [1.807, 2.05) is 0 Å². The summed E-state index contributed by atoms with van der Waals surface area (Å²) in [4.78, 5) is 12.9. The molecule has 1 aliphatic rings. The van der Waals surface area contributed by atoms with Crippen molar-refractivity contribution in [2.24, 2.45) is 0 Å². The van der Waals surface area contributed by atoms with Gasteiger partial charge in [-0.2, -0.15) is 0 Å². The maximum Gasteiger partial charge on any atom is 0.238 e. The van der Waals surface area contributed by atoms with E-state index in [0.717, 1.165) is 0 Å². The van der Waals surface area contributed by atoms with E-state index in [0.29, 0.717) is 55.0 Å². The summed E-state index contributed by atoms with van der Waals surface area (Å²) in [5.41, 5.74) is 1.07. The molecule has 4 heterocycles. The molecular formula is C22H29N7O5S. The molecule has 1 saturated heterocycles. The van der Waals surface area contributed by atoms with Crippen LogP contribution in [0.5, 0.6) is 11.8 Å². The summed E-state index contributed by atoms with van der Waals surface area (Å²) in [5.74, 6) is 0.934. The Labute approximate surface area is 204 Å². The first-order chi connectivity index (χ1) is 16.8. The van der Waals surface area contributed by atoms with Crippen molar-refractivity contribution >= 4 is 16.0 Å². The number of pyridine rings is 1. The zero-order valence-corrected chi connectivity index (χ0v) is 20.9. The number of rotatable bonds is 9. The van der Waals surface area contributed by atoms with E-state index in [9.17, 15) is 8.42 Å². The van der Waals surface area contributed by atoms with Crippen molar-refractivity contribution < 1.29 is 22.6 Å². The standard InChI is InChI=1S/C22H29N7O5S/c1-14(18-12-24-20(33-4)13-23-18)15(2)35(30,31)28-22-27-26-21(17-6-5-7-19(25-17)32-3)29(22)16-8-10-34-11-9-16/h5-7,12-16H,8-11H2,1-4H3,(H,27,28). The van der Waals surface area contributed by atoms with Gasteiger partial charge in [0.05, 0.1) is 37.6 Å². The van der Waals surface area contributed by atoms with Crippen molar-refractivity contribution in [2.75, 3.05) is 32.2 Å². The first-order valence-electron chi connectivity index (χ1n) is 11.3. The molecule has 0 radical (unpaired) electrons. The highest BCUT2D eigenvalue weighted by molar-refractivity contribution is 7.93. The van der Waals surface area contributed by atoms with Crippen LogP contribution >= 0.6 is 0 Å². The zero-order valence-electron chi connectivity index (χ0n) is 20.1. The number of aromatic nitrogens is 6. The largest absolute Gasteiger partial charge is 0.481 e. The van der Waals surface area contributed by atoms with Crippen molar-refractivity contribution in [1.82, 2.24) is 29.7 Å². The van der Waals surface area contributed by atoms with Gasteiger partial charge in [0.15, 0.2) is 5.82 Å². The van der Waals surface area contributed by atoms with E-state index < -0.39 is 21.2 Å². The van der Waals surface area contributed by atoms with Crippen LogP contribution in [0.15, 0.2) is 30.6 Å². The lowest BCUT2D eigenvalue weighted by Gasteiger charge is -2.26. The second kappa shape index (κ2) is 10.5. The quantitative estimate of drug-likeness (QED) is 0.462. The van der Waals surface area contributed by atoms with Gasteiger partial charge >= 0.3 is 0 Å². The number of hydrogen-bond donors (Lipinski definition) is 1. The molecule has 1 aliphatic heterocycles. The Hall–Kier alpha value is -3.32. The molecule has 188 valence electrons. The van der Waals surface area contributed by atoms with Gasteiger partial charge in [0.1, 0.15) is 5.69 Å². The third-order valence-electron chi connectivity index (χ3n) is 6.16. The molecule has 13 heteroatoms. The first kappa shape index (κ1) is 24.8. The summed E-state index contributed by atoms with van der Waals surface area (Å²) in [6.45, 7) is 4.53. The van der Waals surface area contributed by atoms with Crippen LogP contribution in [-0.4, -0.2) is 70.8 Å². The van der Waals surface area contributed by atoms with E-state index in [-0.39, 0.29) is 12.0 Å². The molecule has 2 unspecified atom stereocenters. The van der Waals surface area contributed by atoms with E-state index in [1.165, 1.54) is 26.6 Å². The van der Waals surface area contributed by atoms with Crippen LogP contribution in [0, 0.1) is 0 Å². The second-order valence-electron chi connectivity index (χ2n) is 8.25. The number of anilines is 1. The number of hydrogen-bond acceptors (Lipinski definition) is 10. The van der Waals surface area contributed by atoms with Crippen molar-refractivity contribution in [3.8, 4) is 23.3 Å². The van der Waals surface area contributed by atoms with E-state index >= 15 is 0 Å². The van der Waals surface area contributed by atoms with Crippen LogP contribution in [-0.2, 0) is 14.8 Å². The monoisotopic (exact) mass is 503 g/mol. The Morgan fingerprint density at radius 2 is 1.80 bits per heavy atom. The second-order valence-corrected chi connectivity index (χ2v) is 10.3. The molecule has 35 heavy (non-hydrogen) atoms. The Balaban J connectivity index is 1.65. The first-order valence-corrected chi connectivity index (χ1v) is 12.8. The van der Waals surface area contributed by atoms with Crippen LogP contribution < -0.4 is 14.2 Å². The molecule has 0 bridgehead atoms. The molecule has 0 amide bonds. The number of nitrogens with zero attached hydrogens (tertiary/aromatic N) is 6. The minimum atomic E-state index is -3.87. The van der Waals surface area contributed by atoms with E-state index in [1.54, 1.807) is 36.6 Å². The van der Waals surface area contributed by atoms with Crippen molar-refractivity contribution in [1.29, 1.82) is 0 Å². The van der Waals surface area contributed by atoms with Gasteiger partial charge < -0.3 is 14.2 Å². The smallest absolute Gasteiger partial charge is 0.238 e. The number of sulfonamides is 1. The number of ether oxygens (including phenoxy) is 3. The van der Waals surface area contributed by atoms with Gasteiger partial charge in [-0.3, -0.25) is 14.3 Å². The minimum Gasteiger partial charge on any atom is -0.481 e. The maximum atomic E-state index is 13.4. The summed E-state index contributed by atoms with van der Waals surface area (Å²) in [5, 5.41) is 7.67. The summed E-state index contributed by atoms with van der Waals surface area (Å²) < 4.78 is 47.0. The highest BCUT2D eigenvalue weighted by atomic mass is 32.2. The maximum absolute atomic E-state index is 13.4. The minimum absolute atomic E-state index is 0.0559. The van der Waals surface area contributed by atoms with Gasteiger partial charge in [-0.1, -0.05) is 13.0 Å². The van der Waals surface area contributed by atoms with Crippen molar-refractivity contribution in [3.63, 3.8) is 0 Å². The molecule has 1 N–H and O–H groups in total. The normalized spacial score (nSPS) is 16.5. The lowest BCUT2D eigenvalue weighted by molar-refractivity contribution is 0.0704. The molecule has 2 atom stereocenters. The molecular weight excluding hydrogens is 474 g/mol. The van der Waals surface area contributed by atoms with Crippen LogP contribution in [0.4, 0.5) is 5.95 Å². The Morgan fingerprint density at radius 1 is 1.06 bits per heavy atom. The van der Waals surface area contributed by atoms with Crippen molar-refractivity contribution in [3.05, 3.63) is 36.3 Å². The molecule has 3 aromatic rings. The molecule has 0 aromatic carbocycles. The van der Waals surface area contributed by atoms with Crippen molar-refractivity contribution in [2.45, 2.75) is 43.9 Å². The summed E-state index contributed by atoms with van der Waals surface area (Å²) in [6, 6.07) is 5.26. The lowest BCUT2D eigenvalue weighted by Crippen LogP contribution is -2.32. The molecule has 4 rings (SSSR count). The molecule has 1 fully saturated rings. The molecule has 0 spiro atoms. The van der Waals surface area contributed by atoms with Gasteiger partial charge in [-0.15, -0.1) is 10.2 Å². The SMILES string of the molecule is COc1cnc(C(C)C(C)S(=O)(=O)Nc2nnc(-c3cccc(OC)n3)n2C2CCOCC2)cn1. The van der Waals surface area contributed by atoms with Crippen LogP contribution in [0.2, 0.25) is 0 Å². The van der Waals surface area contributed by atoms with E-state index in [4.69, 9.17) is 14.2 Å². The van der Waals surface area contributed by atoms with Gasteiger partial charge in [0.25, 0.3) is 0 Å². The summed E-state index contributed by atoms with van der Waals surface area (Å²) in [6.07, 6.45) is 4.37. The number of nitrogens with one attached hydrogen (secondary N) is 1. The highest BCUT2D eigenvalue weighted by Crippen LogP contribution is 2.32. The fraction of sp³-hybridized carbons (Fsp3) is 0.500. The fourth-order valence-electron chi connectivity index (χ4n) is 3.87. The predicted octanol–water partition coefficient (Wildman–Crippen LogP) is 2.43. The fourth-order valence-corrected chi connectivity index (χ4v) is 5.13. The van der Waals surface area contributed by atoms with Crippen LogP contribution in [0.25, 0.3) is 11.5 Å². The lowest BCUT2D eigenvalue weighted by atomic mass is 10.1. The topological polar surface area (TPSA) is 143 Å². The average Bonchev–Trinajstić information content (AvgIpc) is 3.31. The number of methoxy groups -OCH3 is 2. The predicted molar refractivity (Wildman–Crippen MR) is 128 cm³/mol. The third kappa shape index (κ3) is 5.35. The van der Waals surface area contributed by atoms with Gasteiger partial charge in [-0.25, -0.2) is 18.4 Å². The summed E-state index contributed by atoms with van der Waals surface area (Å²) >= 11 is 0. The van der Waals surface area contributed by atoms with E-state index in [2.05, 4.69) is 29.9 Å². The highest BCUT2D eigenvalue weighted by Gasteiger charge is 2.32. The molecule has 12 nitrogen and oxygen atoms in total. The third-order valence-corrected chi connectivity index (χ3v) is 8.02.